The Morgan fingerprint density at radius 3 is 1.95 bits per heavy atom. The maximum atomic E-state index is 8.89. The first kappa shape index (κ1) is 13.7. The summed E-state index contributed by atoms with van der Waals surface area (Å²) in [6.07, 6.45) is 0. The molecule has 0 aliphatic rings. The van der Waals surface area contributed by atoms with Crippen LogP contribution in [0, 0.1) is 18.3 Å². The second-order valence-electron chi connectivity index (χ2n) is 4.49. The molecule has 0 fully saturated rings. The molecule has 20 heavy (non-hydrogen) atoms. The number of hydrogen-bond acceptors (Lipinski definition) is 4. The van der Waals surface area contributed by atoms with Crippen molar-refractivity contribution in [2.45, 2.75) is 6.92 Å². The first-order valence-corrected chi connectivity index (χ1v) is 6.19. The first-order chi connectivity index (χ1) is 9.65. The Morgan fingerprint density at radius 1 is 1.00 bits per heavy atom. The van der Waals surface area contributed by atoms with Gasteiger partial charge < -0.3 is 11.2 Å². The van der Waals surface area contributed by atoms with Crippen molar-refractivity contribution in [1.82, 2.24) is 5.43 Å². The van der Waals surface area contributed by atoms with E-state index in [2.05, 4.69) is 36.6 Å². The summed E-state index contributed by atoms with van der Waals surface area (Å²) in [5.74, 6) is 5.25. The van der Waals surface area contributed by atoms with Crippen molar-refractivity contribution in [3.8, 4) is 17.2 Å². The Bertz CT molecular complexity index is 661. The second kappa shape index (κ2) is 5.91. The van der Waals surface area contributed by atoms with Gasteiger partial charge >= 0.3 is 0 Å². The normalized spacial score (nSPS) is 11.4. The molecular formula is C16H16N4. The van der Waals surface area contributed by atoms with E-state index in [-0.39, 0.29) is 5.70 Å². The Balaban J connectivity index is 2.34. The molecule has 100 valence electrons. The number of nitrogens with one attached hydrogen (secondary N) is 1. The summed E-state index contributed by atoms with van der Waals surface area (Å²) in [6, 6.07) is 17.9. The number of nitrogens with zero attached hydrogens (tertiary/aromatic N) is 1. The lowest BCUT2D eigenvalue weighted by Gasteiger charge is -2.07. The minimum atomic E-state index is 0.160. The molecule has 0 saturated heterocycles. The Labute approximate surface area is 118 Å². The van der Waals surface area contributed by atoms with Gasteiger partial charge in [-0.15, -0.1) is 0 Å². The highest BCUT2D eigenvalue weighted by atomic mass is 15.2. The van der Waals surface area contributed by atoms with E-state index in [0.717, 1.165) is 16.7 Å². The zero-order chi connectivity index (χ0) is 14.5. The molecule has 0 atom stereocenters. The van der Waals surface area contributed by atoms with E-state index < -0.39 is 0 Å². The minimum Gasteiger partial charge on any atom is -0.396 e. The largest absolute Gasteiger partial charge is 0.396 e. The van der Waals surface area contributed by atoms with E-state index in [0.29, 0.717) is 5.70 Å². The molecule has 5 N–H and O–H groups in total. The van der Waals surface area contributed by atoms with Gasteiger partial charge in [0.25, 0.3) is 0 Å². The van der Waals surface area contributed by atoms with E-state index in [9.17, 15) is 0 Å². The zero-order valence-electron chi connectivity index (χ0n) is 11.2. The molecule has 0 heterocycles. The van der Waals surface area contributed by atoms with Crippen LogP contribution in [-0.2, 0) is 0 Å². The van der Waals surface area contributed by atoms with E-state index in [1.165, 1.54) is 5.56 Å². The lowest BCUT2D eigenvalue weighted by atomic mass is 10.0. The van der Waals surface area contributed by atoms with Gasteiger partial charge in [0.15, 0.2) is 5.70 Å². The number of benzene rings is 2. The molecule has 0 amide bonds. The fourth-order valence-corrected chi connectivity index (χ4v) is 1.90. The van der Waals surface area contributed by atoms with Crippen molar-refractivity contribution in [1.29, 1.82) is 5.26 Å². The van der Waals surface area contributed by atoms with Gasteiger partial charge in [0.05, 0.1) is 5.70 Å². The topological polar surface area (TPSA) is 87.9 Å². The molecule has 0 aliphatic heterocycles. The van der Waals surface area contributed by atoms with Crippen LogP contribution in [0.25, 0.3) is 16.8 Å². The molecule has 2 rings (SSSR count). The van der Waals surface area contributed by atoms with Crippen LogP contribution in [0.3, 0.4) is 0 Å². The highest BCUT2D eigenvalue weighted by Gasteiger charge is 2.05. The van der Waals surface area contributed by atoms with Crippen molar-refractivity contribution in [3.05, 3.63) is 65.4 Å². The summed E-state index contributed by atoms with van der Waals surface area (Å²) in [6.45, 7) is 2.06. The average Bonchev–Trinajstić information content (AvgIpc) is 2.49. The predicted octanol–water partition coefficient (Wildman–Crippen LogP) is 2.28. The predicted molar refractivity (Wildman–Crippen MR) is 80.7 cm³/mol. The highest BCUT2D eigenvalue weighted by molar-refractivity contribution is 5.72. The fraction of sp³-hybridized carbons (Fsp3) is 0.0625. The Morgan fingerprint density at radius 2 is 1.50 bits per heavy atom. The Kier molecular flexibility index (Phi) is 4.04. The van der Waals surface area contributed by atoms with Gasteiger partial charge in [-0.25, -0.2) is 5.84 Å². The third kappa shape index (κ3) is 2.79. The van der Waals surface area contributed by atoms with Crippen molar-refractivity contribution >= 4 is 5.70 Å². The summed E-state index contributed by atoms with van der Waals surface area (Å²) in [4.78, 5) is 0. The summed E-state index contributed by atoms with van der Waals surface area (Å²) in [7, 11) is 0. The summed E-state index contributed by atoms with van der Waals surface area (Å²) >= 11 is 0. The molecule has 0 aromatic heterocycles. The summed E-state index contributed by atoms with van der Waals surface area (Å²) in [5, 5.41) is 8.89. The molecule has 0 bridgehead atoms. The van der Waals surface area contributed by atoms with Crippen LogP contribution < -0.4 is 17.0 Å². The van der Waals surface area contributed by atoms with Crippen LogP contribution in [-0.4, -0.2) is 0 Å². The zero-order valence-corrected chi connectivity index (χ0v) is 11.2. The SMILES string of the molecule is Cc1ccc(-c2ccc(/C(N)=C(\C#N)NN)cc2)cc1. The van der Waals surface area contributed by atoms with Crippen LogP contribution in [0.1, 0.15) is 11.1 Å². The van der Waals surface area contributed by atoms with Gasteiger partial charge in [-0.2, -0.15) is 5.26 Å². The van der Waals surface area contributed by atoms with E-state index in [1.807, 2.05) is 30.3 Å². The number of hydrazine groups is 1. The monoisotopic (exact) mass is 264 g/mol. The lowest BCUT2D eigenvalue weighted by molar-refractivity contribution is 0.920. The van der Waals surface area contributed by atoms with Crippen LogP contribution >= 0.6 is 0 Å². The summed E-state index contributed by atoms with van der Waals surface area (Å²) in [5.41, 5.74) is 12.9. The molecule has 0 unspecified atom stereocenters. The maximum Gasteiger partial charge on any atom is 0.151 e. The number of rotatable bonds is 3. The molecule has 2 aromatic carbocycles. The van der Waals surface area contributed by atoms with Gasteiger partial charge in [0, 0.05) is 5.56 Å². The first-order valence-electron chi connectivity index (χ1n) is 6.19. The number of nitriles is 1. The third-order valence-electron chi connectivity index (χ3n) is 3.11. The van der Waals surface area contributed by atoms with Crippen molar-refractivity contribution in [3.63, 3.8) is 0 Å². The minimum absolute atomic E-state index is 0.160. The van der Waals surface area contributed by atoms with Crippen LogP contribution in [0.5, 0.6) is 0 Å². The fourth-order valence-electron chi connectivity index (χ4n) is 1.90. The average molecular weight is 264 g/mol. The lowest BCUT2D eigenvalue weighted by Crippen LogP contribution is -2.23. The van der Waals surface area contributed by atoms with Gasteiger partial charge in [-0.3, -0.25) is 0 Å². The van der Waals surface area contributed by atoms with Gasteiger partial charge in [0.1, 0.15) is 6.07 Å². The number of hydrogen-bond donors (Lipinski definition) is 3. The molecule has 4 nitrogen and oxygen atoms in total. The smallest absolute Gasteiger partial charge is 0.151 e. The number of allylic oxidation sites excluding steroid dienone is 1. The van der Waals surface area contributed by atoms with E-state index in [1.54, 1.807) is 0 Å². The standard InChI is InChI=1S/C16H16N4/c1-11-2-4-12(5-3-11)13-6-8-14(9-7-13)16(18)15(10-17)20-19/h2-9,20H,18-19H2,1H3/b16-15-. The van der Waals surface area contributed by atoms with Crippen molar-refractivity contribution in [2.75, 3.05) is 0 Å². The second-order valence-corrected chi connectivity index (χ2v) is 4.49. The summed E-state index contributed by atoms with van der Waals surface area (Å²) < 4.78 is 0. The van der Waals surface area contributed by atoms with Crippen molar-refractivity contribution < 1.29 is 0 Å². The van der Waals surface area contributed by atoms with Crippen LogP contribution in [0.2, 0.25) is 0 Å². The van der Waals surface area contributed by atoms with Gasteiger partial charge in [-0.1, -0.05) is 54.1 Å². The number of nitrogens with two attached hydrogens (primary N) is 2. The van der Waals surface area contributed by atoms with Crippen LogP contribution in [0.4, 0.5) is 0 Å². The highest BCUT2D eigenvalue weighted by Crippen LogP contribution is 2.22. The molecule has 2 aromatic rings. The molecule has 0 saturated carbocycles. The van der Waals surface area contributed by atoms with Gasteiger partial charge in [-0.05, 0) is 18.1 Å². The van der Waals surface area contributed by atoms with E-state index in [4.69, 9.17) is 16.8 Å². The molecule has 0 spiro atoms. The van der Waals surface area contributed by atoms with Crippen LogP contribution in [0.15, 0.2) is 54.2 Å². The molecular weight excluding hydrogens is 248 g/mol. The third-order valence-corrected chi connectivity index (χ3v) is 3.11. The number of aryl methyl sites for hydroxylation is 1. The molecule has 0 radical (unpaired) electrons. The van der Waals surface area contributed by atoms with E-state index >= 15 is 0 Å². The maximum absolute atomic E-state index is 8.89. The quantitative estimate of drug-likeness (QED) is 0.451. The Hall–Kier alpha value is -2.77. The van der Waals surface area contributed by atoms with Crippen molar-refractivity contribution in [2.24, 2.45) is 11.6 Å². The molecule has 0 aliphatic carbocycles. The van der Waals surface area contributed by atoms with Gasteiger partial charge in [0.2, 0.25) is 0 Å². The molecule has 4 heteroatoms.